The third-order valence-corrected chi connectivity index (χ3v) is 4.26. The van der Waals surface area contributed by atoms with Gasteiger partial charge in [0.2, 0.25) is 0 Å². The van der Waals surface area contributed by atoms with E-state index in [0.29, 0.717) is 18.6 Å². The van der Waals surface area contributed by atoms with Crippen LogP contribution >= 0.6 is 15.9 Å². The van der Waals surface area contributed by atoms with Crippen molar-refractivity contribution >= 4 is 21.6 Å². The van der Waals surface area contributed by atoms with Crippen LogP contribution in [0.4, 0.5) is 5.69 Å². The maximum absolute atomic E-state index is 5.91. The van der Waals surface area contributed by atoms with Crippen molar-refractivity contribution in [1.29, 1.82) is 0 Å². The Morgan fingerprint density at radius 2 is 2.06 bits per heavy atom. The molecular weight excluding hydrogens is 278 g/mol. The molecule has 0 bridgehead atoms. The highest BCUT2D eigenvalue weighted by Crippen LogP contribution is 2.29. The van der Waals surface area contributed by atoms with Crippen molar-refractivity contribution in [3.8, 4) is 0 Å². The van der Waals surface area contributed by atoms with Gasteiger partial charge in [-0.15, -0.1) is 0 Å². The number of likely N-dealkylation sites (N-methyl/N-ethyl adjacent to an activating group) is 1. The van der Waals surface area contributed by atoms with E-state index in [2.05, 4.69) is 57.9 Å². The maximum Gasteiger partial charge on any atom is 0.0540 e. The van der Waals surface area contributed by atoms with Crippen LogP contribution in [-0.2, 0) is 0 Å². The molecule has 1 aromatic rings. The van der Waals surface area contributed by atoms with Crippen LogP contribution in [0.5, 0.6) is 0 Å². The lowest BCUT2D eigenvalue weighted by molar-refractivity contribution is 0.202. The number of benzene rings is 1. The fourth-order valence-corrected chi connectivity index (χ4v) is 2.88. The summed E-state index contributed by atoms with van der Waals surface area (Å²) in [6.45, 7) is 5.01. The van der Waals surface area contributed by atoms with Gasteiger partial charge >= 0.3 is 0 Å². The first kappa shape index (κ1) is 12.9. The van der Waals surface area contributed by atoms with E-state index >= 15 is 0 Å². The lowest BCUT2D eigenvalue weighted by atomic mass is 10.1. The highest BCUT2D eigenvalue weighted by atomic mass is 79.9. The molecule has 0 aliphatic carbocycles. The van der Waals surface area contributed by atoms with Crippen LogP contribution in [0, 0.1) is 0 Å². The summed E-state index contributed by atoms with van der Waals surface area (Å²) in [5.41, 5.74) is 7.16. The fourth-order valence-electron chi connectivity index (χ4n) is 2.37. The molecule has 17 heavy (non-hydrogen) atoms. The van der Waals surface area contributed by atoms with Crippen LogP contribution in [0.15, 0.2) is 28.7 Å². The quantitative estimate of drug-likeness (QED) is 0.905. The molecular formula is C13H20BrN3. The van der Waals surface area contributed by atoms with Crippen LogP contribution < -0.4 is 10.6 Å². The van der Waals surface area contributed by atoms with E-state index in [4.69, 9.17) is 5.73 Å². The van der Waals surface area contributed by atoms with Gasteiger partial charge < -0.3 is 10.6 Å². The Morgan fingerprint density at radius 3 is 2.71 bits per heavy atom. The van der Waals surface area contributed by atoms with Crippen LogP contribution in [0.2, 0.25) is 0 Å². The van der Waals surface area contributed by atoms with Crippen molar-refractivity contribution in [3.63, 3.8) is 0 Å². The zero-order valence-corrected chi connectivity index (χ0v) is 12.0. The summed E-state index contributed by atoms with van der Waals surface area (Å²) >= 11 is 3.63. The molecule has 0 spiro atoms. The van der Waals surface area contributed by atoms with Gasteiger partial charge in [0, 0.05) is 30.1 Å². The van der Waals surface area contributed by atoms with Gasteiger partial charge in [-0.25, -0.2) is 0 Å². The molecule has 1 saturated heterocycles. The zero-order valence-electron chi connectivity index (χ0n) is 10.4. The largest absolute Gasteiger partial charge is 0.364 e. The van der Waals surface area contributed by atoms with Crippen molar-refractivity contribution in [1.82, 2.24) is 4.90 Å². The van der Waals surface area contributed by atoms with Crippen molar-refractivity contribution < 1.29 is 0 Å². The van der Waals surface area contributed by atoms with E-state index in [9.17, 15) is 0 Å². The second-order valence-electron chi connectivity index (χ2n) is 4.78. The highest BCUT2D eigenvalue weighted by molar-refractivity contribution is 9.10. The minimum Gasteiger partial charge on any atom is -0.364 e. The molecule has 1 heterocycles. The Hall–Kier alpha value is -0.580. The van der Waals surface area contributed by atoms with E-state index in [0.717, 1.165) is 17.6 Å². The zero-order chi connectivity index (χ0) is 12.4. The molecule has 1 aliphatic heterocycles. The van der Waals surface area contributed by atoms with Gasteiger partial charge in [0.05, 0.1) is 11.7 Å². The number of para-hydroxylation sites is 1. The van der Waals surface area contributed by atoms with Crippen LogP contribution in [0.25, 0.3) is 0 Å². The topological polar surface area (TPSA) is 32.5 Å². The first-order chi connectivity index (χ1) is 8.13. The van der Waals surface area contributed by atoms with Crippen molar-refractivity contribution in [2.45, 2.75) is 19.0 Å². The first-order valence-electron chi connectivity index (χ1n) is 6.05. The second kappa shape index (κ2) is 5.38. The minimum atomic E-state index is 0.398. The number of hydrogen-bond acceptors (Lipinski definition) is 3. The van der Waals surface area contributed by atoms with Gasteiger partial charge in [0.25, 0.3) is 0 Å². The molecule has 1 aliphatic rings. The Balaban J connectivity index is 2.27. The van der Waals surface area contributed by atoms with E-state index in [-0.39, 0.29) is 0 Å². The molecule has 0 radical (unpaired) electrons. The summed E-state index contributed by atoms with van der Waals surface area (Å²) in [7, 11) is 2.17. The first-order valence-corrected chi connectivity index (χ1v) is 6.84. The average molecular weight is 298 g/mol. The van der Waals surface area contributed by atoms with Crippen LogP contribution in [0.1, 0.15) is 6.92 Å². The number of piperazine rings is 1. The van der Waals surface area contributed by atoms with Crippen molar-refractivity contribution in [3.05, 3.63) is 28.7 Å². The Kier molecular flexibility index (Phi) is 4.07. The number of anilines is 1. The van der Waals surface area contributed by atoms with Gasteiger partial charge in [0.1, 0.15) is 0 Å². The molecule has 0 aromatic heterocycles. The van der Waals surface area contributed by atoms with E-state index in [1.54, 1.807) is 0 Å². The SMILES string of the molecule is CC1CN(c2ccccc2Br)C(CN)CN1C. The van der Waals surface area contributed by atoms with E-state index < -0.39 is 0 Å². The van der Waals surface area contributed by atoms with Gasteiger partial charge in [-0.05, 0) is 42.0 Å². The van der Waals surface area contributed by atoms with Gasteiger partial charge in [-0.2, -0.15) is 0 Å². The minimum absolute atomic E-state index is 0.398. The van der Waals surface area contributed by atoms with E-state index in [1.165, 1.54) is 5.69 Å². The number of rotatable bonds is 2. The van der Waals surface area contributed by atoms with Gasteiger partial charge in [0.15, 0.2) is 0 Å². The van der Waals surface area contributed by atoms with Crippen LogP contribution in [-0.4, -0.2) is 43.7 Å². The summed E-state index contributed by atoms with van der Waals surface area (Å²) < 4.78 is 1.15. The molecule has 1 aromatic carbocycles. The van der Waals surface area contributed by atoms with Crippen LogP contribution in [0.3, 0.4) is 0 Å². The van der Waals surface area contributed by atoms with E-state index in [1.807, 2.05) is 6.07 Å². The van der Waals surface area contributed by atoms with Gasteiger partial charge in [-0.3, -0.25) is 4.90 Å². The Labute approximate surface area is 112 Å². The summed E-state index contributed by atoms with van der Waals surface area (Å²) in [4.78, 5) is 4.81. The molecule has 2 N–H and O–H groups in total. The summed E-state index contributed by atoms with van der Waals surface area (Å²) in [6, 6.07) is 9.33. The van der Waals surface area contributed by atoms with Crippen molar-refractivity contribution in [2.24, 2.45) is 5.73 Å². The second-order valence-corrected chi connectivity index (χ2v) is 5.64. The molecule has 3 nitrogen and oxygen atoms in total. The predicted molar refractivity (Wildman–Crippen MR) is 76.4 cm³/mol. The summed E-state index contributed by atoms with van der Waals surface area (Å²) in [5.74, 6) is 0. The number of nitrogens with two attached hydrogens (primary N) is 1. The monoisotopic (exact) mass is 297 g/mol. The lowest BCUT2D eigenvalue weighted by Gasteiger charge is -2.45. The standard InChI is InChI=1S/C13H20BrN3/c1-10-8-17(11(7-15)9-16(10)2)13-6-4-3-5-12(13)14/h3-6,10-11H,7-9,15H2,1-2H3. The van der Waals surface area contributed by atoms with Crippen molar-refractivity contribution in [2.75, 3.05) is 31.6 Å². The third-order valence-electron chi connectivity index (χ3n) is 3.59. The molecule has 1 fully saturated rings. The van der Waals surface area contributed by atoms with Gasteiger partial charge in [-0.1, -0.05) is 12.1 Å². The molecule has 94 valence electrons. The lowest BCUT2D eigenvalue weighted by Crippen LogP contribution is -2.58. The number of nitrogens with zero attached hydrogens (tertiary/aromatic N) is 2. The molecule has 4 heteroatoms. The molecule has 0 amide bonds. The number of hydrogen-bond donors (Lipinski definition) is 1. The summed E-state index contributed by atoms with van der Waals surface area (Å²) in [5, 5.41) is 0. The normalized spacial score (nSPS) is 26.2. The predicted octanol–water partition coefficient (Wildman–Crippen LogP) is 1.92. The average Bonchev–Trinajstić information content (AvgIpc) is 2.33. The Bertz CT molecular complexity index is 383. The highest BCUT2D eigenvalue weighted by Gasteiger charge is 2.29. The molecule has 2 rings (SSSR count). The maximum atomic E-state index is 5.91. The third kappa shape index (κ3) is 2.64. The Morgan fingerprint density at radius 1 is 1.35 bits per heavy atom. The number of halogens is 1. The smallest absolute Gasteiger partial charge is 0.0540 e. The molecule has 0 saturated carbocycles. The molecule has 2 atom stereocenters. The summed E-state index contributed by atoms with van der Waals surface area (Å²) in [6.07, 6.45) is 0. The molecule has 2 unspecified atom stereocenters. The fraction of sp³-hybridized carbons (Fsp3) is 0.538.